The van der Waals surface area contributed by atoms with Gasteiger partial charge in [0.1, 0.15) is 11.4 Å². The predicted molar refractivity (Wildman–Crippen MR) is 106 cm³/mol. The Morgan fingerprint density at radius 1 is 1.15 bits per heavy atom. The summed E-state index contributed by atoms with van der Waals surface area (Å²) in [4.78, 5) is 0.275. The summed E-state index contributed by atoms with van der Waals surface area (Å²) in [5.41, 5.74) is 3.33. The summed E-state index contributed by atoms with van der Waals surface area (Å²) in [6, 6.07) is 11.0. The fourth-order valence-corrected chi connectivity index (χ4v) is 4.52. The van der Waals surface area contributed by atoms with Crippen LogP contribution in [0, 0.1) is 6.92 Å². The highest BCUT2D eigenvalue weighted by atomic mass is 32.2. The van der Waals surface area contributed by atoms with Gasteiger partial charge in [-0.1, -0.05) is 32.0 Å². The number of hydrogen-bond donors (Lipinski definition) is 1. The molecule has 0 amide bonds. The number of benzene rings is 2. The molecule has 0 saturated heterocycles. The Kier molecular flexibility index (Phi) is 4.78. The summed E-state index contributed by atoms with van der Waals surface area (Å²) in [6.07, 6.45) is 1.68. The average Bonchev–Trinajstić information content (AvgIpc) is 2.55. The van der Waals surface area contributed by atoms with E-state index in [1.54, 1.807) is 18.2 Å². The van der Waals surface area contributed by atoms with Gasteiger partial charge in [-0.15, -0.1) is 0 Å². The first-order chi connectivity index (χ1) is 12.1. The summed E-state index contributed by atoms with van der Waals surface area (Å²) in [6.45, 7) is 10.1. The molecule has 3 rings (SSSR count). The standard InChI is InChI=1S/C21H27NO3S/c1-14(2)18-8-6-7-15(3)20(18)22-26(23,24)17-9-10-19-16(13-17)11-12-21(4,5)25-19/h6-10,13-14,22H,11-12H2,1-5H3. The van der Waals surface area contributed by atoms with Gasteiger partial charge in [0, 0.05) is 0 Å². The smallest absolute Gasteiger partial charge is 0.261 e. The van der Waals surface area contributed by atoms with Gasteiger partial charge in [0.2, 0.25) is 0 Å². The van der Waals surface area contributed by atoms with Gasteiger partial charge < -0.3 is 4.74 Å². The zero-order valence-corrected chi connectivity index (χ0v) is 16.9. The Hall–Kier alpha value is -2.01. The Labute approximate surface area is 156 Å². The highest BCUT2D eigenvalue weighted by Gasteiger charge is 2.28. The maximum atomic E-state index is 13.0. The molecule has 26 heavy (non-hydrogen) atoms. The maximum absolute atomic E-state index is 13.0. The van der Waals surface area contributed by atoms with Crippen molar-refractivity contribution in [2.45, 2.75) is 63.9 Å². The second-order valence-corrected chi connectivity index (χ2v) is 9.61. The van der Waals surface area contributed by atoms with Gasteiger partial charge in [-0.3, -0.25) is 4.72 Å². The number of rotatable bonds is 4. The lowest BCUT2D eigenvalue weighted by Crippen LogP contribution is -2.32. The molecule has 2 aromatic carbocycles. The third-order valence-electron chi connectivity index (χ3n) is 4.89. The lowest BCUT2D eigenvalue weighted by Gasteiger charge is -2.32. The van der Waals surface area contributed by atoms with Crippen LogP contribution in [0.5, 0.6) is 5.75 Å². The number of anilines is 1. The number of hydrogen-bond acceptors (Lipinski definition) is 3. The summed E-state index contributed by atoms with van der Waals surface area (Å²) in [5, 5.41) is 0. The quantitative estimate of drug-likeness (QED) is 0.818. The van der Waals surface area contributed by atoms with Crippen molar-refractivity contribution < 1.29 is 13.2 Å². The van der Waals surface area contributed by atoms with Crippen LogP contribution in [0.25, 0.3) is 0 Å². The number of para-hydroxylation sites is 1. The number of aryl methyl sites for hydroxylation is 2. The minimum absolute atomic E-state index is 0.209. The Morgan fingerprint density at radius 2 is 1.88 bits per heavy atom. The third-order valence-corrected chi connectivity index (χ3v) is 6.24. The molecule has 0 spiro atoms. The molecular weight excluding hydrogens is 346 g/mol. The van der Waals surface area contributed by atoms with Gasteiger partial charge in [-0.05, 0) is 74.4 Å². The van der Waals surface area contributed by atoms with Crippen LogP contribution < -0.4 is 9.46 Å². The lowest BCUT2D eigenvalue weighted by atomic mass is 9.94. The molecule has 0 aliphatic carbocycles. The van der Waals surface area contributed by atoms with Gasteiger partial charge >= 0.3 is 0 Å². The summed E-state index contributed by atoms with van der Waals surface area (Å²) < 4.78 is 34.7. The molecule has 0 fully saturated rings. The van der Waals surface area contributed by atoms with Crippen LogP contribution in [-0.4, -0.2) is 14.0 Å². The average molecular weight is 374 g/mol. The predicted octanol–water partition coefficient (Wildman–Crippen LogP) is 5.02. The van der Waals surface area contributed by atoms with Crippen LogP contribution in [0.2, 0.25) is 0 Å². The van der Waals surface area contributed by atoms with Crippen LogP contribution in [-0.2, 0) is 16.4 Å². The first kappa shape index (κ1) is 18.8. The van der Waals surface area contributed by atoms with Crippen molar-refractivity contribution in [1.82, 2.24) is 0 Å². The van der Waals surface area contributed by atoms with Crippen LogP contribution in [0.15, 0.2) is 41.3 Å². The van der Waals surface area contributed by atoms with Crippen LogP contribution in [0.1, 0.15) is 56.7 Å². The fraction of sp³-hybridized carbons (Fsp3) is 0.429. The number of nitrogens with one attached hydrogen (secondary N) is 1. The second-order valence-electron chi connectivity index (χ2n) is 7.93. The summed E-state index contributed by atoms with van der Waals surface area (Å²) >= 11 is 0. The number of fused-ring (bicyclic) bond motifs is 1. The van der Waals surface area contributed by atoms with Crippen molar-refractivity contribution in [3.05, 3.63) is 53.1 Å². The number of sulfonamides is 1. The molecule has 140 valence electrons. The lowest BCUT2D eigenvalue weighted by molar-refractivity contribution is 0.0845. The molecule has 4 nitrogen and oxygen atoms in total. The molecule has 0 radical (unpaired) electrons. The molecule has 0 saturated carbocycles. The van der Waals surface area contributed by atoms with Crippen molar-refractivity contribution in [1.29, 1.82) is 0 Å². The van der Waals surface area contributed by atoms with E-state index in [9.17, 15) is 8.42 Å². The maximum Gasteiger partial charge on any atom is 0.261 e. The second kappa shape index (κ2) is 6.62. The van der Waals surface area contributed by atoms with Crippen molar-refractivity contribution in [2.24, 2.45) is 0 Å². The fourth-order valence-electron chi connectivity index (χ4n) is 3.31. The Morgan fingerprint density at radius 3 is 2.58 bits per heavy atom. The van der Waals surface area contributed by atoms with Crippen molar-refractivity contribution in [3.63, 3.8) is 0 Å². The molecule has 1 aliphatic rings. The Bertz CT molecular complexity index is 930. The van der Waals surface area contributed by atoms with Crippen molar-refractivity contribution >= 4 is 15.7 Å². The highest BCUT2D eigenvalue weighted by molar-refractivity contribution is 7.92. The molecule has 5 heteroatoms. The monoisotopic (exact) mass is 373 g/mol. The van der Waals surface area contributed by atoms with E-state index >= 15 is 0 Å². The molecule has 1 N–H and O–H groups in total. The molecular formula is C21H27NO3S. The van der Waals surface area contributed by atoms with Gasteiger partial charge in [-0.25, -0.2) is 8.42 Å². The van der Waals surface area contributed by atoms with E-state index in [4.69, 9.17) is 4.74 Å². The number of ether oxygens (including phenoxy) is 1. The minimum atomic E-state index is -3.66. The summed E-state index contributed by atoms with van der Waals surface area (Å²) in [7, 11) is -3.66. The van der Waals surface area contributed by atoms with Crippen molar-refractivity contribution in [2.75, 3.05) is 4.72 Å². The highest BCUT2D eigenvalue weighted by Crippen LogP contribution is 2.35. The zero-order chi connectivity index (χ0) is 19.1. The zero-order valence-electron chi connectivity index (χ0n) is 16.1. The first-order valence-corrected chi connectivity index (χ1v) is 10.5. The molecule has 0 unspecified atom stereocenters. The normalized spacial score (nSPS) is 16.1. The largest absolute Gasteiger partial charge is 0.488 e. The van der Waals surface area contributed by atoms with Crippen LogP contribution in [0.4, 0.5) is 5.69 Å². The van der Waals surface area contributed by atoms with E-state index in [1.165, 1.54) is 0 Å². The molecule has 0 bridgehead atoms. The molecule has 0 aromatic heterocycles. The first-order valence-electron chi connectivity index (χ1n) is 9.03. The van der Waals surface area contributed by atoms with E-state index in [1.807, 2.05) is 39.0 Å². The minimum Gasteiger partial charge on any atom is -0.488 e. The molecule has 2 aromatic rings. The van der Waals surface area contributed by atoms with E-state index < -0.39 is 10.0 Å². The van der Waals surface area contributed by atoms with E-state index in [2.05, 4.69) is 18.6 Å². The topological polar surface area (TPSA) is 55.4 Å². The molecule has 1 aliphatic heterocycles. The van der Waals surface area contributed by atoms with Gasteiger partial charge in [0.05, 0.1) is 10.6 Å². The SMILES string of the molecule is Cc1cccc(C(C)C)c1NS(=O)(=O)c1ccc2c(c1)CCC(C)(C)O2. The van der Waals surface area contributed by atoms with Gasteiger partial charge in [0.25, 0.3) is 10.0 Å². The van der Waals surface area contributed by atoms with Gasteiger partial charge in [-0.2, -0.15) is 0 Å². The van der Waals surface area contributed by atoms with Crippen molar-refractivity contribution in [3.8, 4) is 5.75 Å². The summed E-state index contributed by atoms with van der Waals surface area (Å²) in [5.74, 6) is 1.01. The Balaban J connectivity index is 1.96. The molecule has 0 atom stereocenters. The van der Waals surface area contributed by atoms with Crippen LogP contribution >= 0.6 is 0 Å². The van der Waals surface area contributed by atoms with E-state index in [0.717, 1.165) is 35.3 Å². The van der Waals surface area contributed by atoms with Gasteiger partial charge in [0.15, 0.2) is 0 Å². The van der Waals surface area contributed by atoms with E-state index in [-0.39, 0.29) is 16.4 Å². The van der Waals surface area contributed by atoms with Crippen LogP contribution in [0.3, 0.4) is 0 Å². The third kappa shape index (κ3) is 3.73. The van der Waals surface area contributed by atoms with E-state index in [0.29, 0.717) is 5.69 Å². The molecule has 1 heterocycles.